The Bertz CT molecular complexity index is 437. The summed E-state index contributed by atoms with van der Waals surface area (Å²) in [5, 5.41) is 3.20. The largest absolute Gasteiger partial charge is 0.493 e. The van der Waals surface area contributed by atoms with Crippen LogP contribution in [0.25, 0.3) is 0 Å². The van der Waals surface area contributed by atoms with Crippen molar-refractivity contribution in [1.29, 1.82) is 0 Å². The third kappa shape index (κ3) is 2.69. The first-order chi connectivity index (χ1) is 8.73. The van der Waals surface area contributed by atoms with Gasteiger partial charge in [-0.25, -0.2) is 0 Å². The summed E-state index contributed by atoms with van der Waals surface area (Å²) in [5.41, 5.74) is 0.861. The number of hydrogen-bond donors (Lipinski definition) is 1. The molecular weight excluding hydrogens is 230 g/mol. The van der Waals surface area contributed by atoms with Gasteiger partial charge < -0.3 is 19.5 Å². The molecule has 0 saturated heterocycles. The first kappa shape index (κ1) is 14.2. The van der Waals surface area contributed by atoms with E-state index in [0.717, 1.165) is 12.1 Å². The van der Waals surface area contributed by atoms with Gasteiger partial charge in [-0.2, -0.15) is 0 Å². The molecule has 0 bridgehead atoms. The zero-order chi connectivity index (χ0) is 13.5. The van der Waals surface area contributed by atoms with Crippen LogP contribution >= 0.6 is 0 Å². The van der Waals surface area contributed by atoms with Gasteiger partial charge in [0.1, 0.15) is 0 Å². The Balaban J connectivity index is 3.32. The molecule has 4 nitrogen and oxygen atoms in total. The highest BCUT2D eigenvalue weighted by molar-refractivity contribution is 5.57. The lowest BCUT2D eigenvalue weighted by Crippen LogP contribution is -2.20. The summed E-state index contributed by atoms with van der Waals surface area (Å²) in [6.45, 7) is 2.77. The Morgan fingerprint density at radius 1 is 1.17 bits per heavy atom. The van der Waals surface area contributed by atoms with Gasteiger partial charge in [0.05, 0.1) is 27.4 Å². The van der Waals surface area contributed by atoms with E-state index in [9.17, 15) is 0 Å². The molecule has 0 heterocycles. The van der Waals surface area contributed by atoms with E-state index in [1.807, 2.05) is 19.1 Å². The average molecular weight is 249 g/mol. The second-order valence-corrected chi connectivity index (χ2v) is 3.58. The zero-order valence-corrected chi connectivity index (χ0v) is 11.2. The smallest absolute Gasteiger partial charge is 0.203 e. The molecule has 0 saturated carbocycles. The van der Waals surface area contributed by atoms with Crippen LogP contribution in [0, 0.1) is 12.3 Å². The molecule has 4 heteroatoms. The number of benzene rings is 1. The van der Waals surface area contributed by atoms with Gasteiger partial charge in [-0.1, -0.05) is 12.8 Å². The molecule has 1 rings (SSSR count). The minimum absolute atomic E-state index is 0.218. The van der Waals surface area contributed by atoms with Gasteiger partial charge in [-0.05, 0) is 18.7 Å². The monoisotopic (exact) mass is 249 g/mol. The maximum absolute atomic E-state index is 5.54. The molecule has 0 fully saturated rings. The van der Waals surface area contributed by atoms with Crippen LogP contribution in [0.4, 0.5) is 0 Å². The molecule has 98 valence electrons. The van der Waals surface area contributed by atoms with Crippen molar-refractivity contribution in [3.8, 4) is 29.6 Å². The minimum atomic E-state index is -0.218. The van der Waals surface area contributed by atoms with Gasteiger partial charge in [-0.3, -0.25) is 0 Å². The number of terminal acetylenes is 1. The lowest BCUT2D eigenvalue weighted by atomic mass is 10.0. The van der Waals surface area contributed by atoms with Gasteiger partial charge >= 0.3 is 0 Å². The van der Waals surface area contributed by atoms with Crippen molar-refractivity contribution in [3.05, 3.63) is 17.7 Å². The summed E-state index contributed by atoms with van der Waals surface area (Å²) in [6, 6.07) is 3.48. The first-order valence-corrected chi connectivity index (χ1v) is 5.71. The molecule has 0 spiro atoms. The van der Waals surface area contributed by atoms with Crippen molar-refractivity contribution in [2.75, 3.05) is 27.9 Å². The molecule has 1 aromatic carbocycles. The van der Waals surface area contributed by atoms with E-state index in [1.54, 1.807) is 21.3 Å². The van der Waals surface area contributed by atoms with Crippen LogP contribution in [-0.4, -0.2) is 27.9 Å². The molecule has 0 radical (unpaired) electrons. The van der Waals surface area contributed by atoms with Crippen LogP contribution in [-0.2, 0) is 0 Å². The van der Waals surface area contributed by atoms with Crippen LogP contribution in [0.15, 0.2) is 12.1 Å². The number of hydrogen-bond acceptors (Lipinski definition) is 4. The minimum Gasteiger partial charge on any atom is -0.493 e. The molecular formula is C14H19NO3. The van der Waals surface area contributed by atoms with E-state index in [1.165, 1.54) is 0 Å². The van der Waals surface area contributed by atoms with E-state index in [-0.39, 0.29) is 6.04 Å². The van der Waals surface area contributed by atoms with E-state index in [0.29, 0.717) is 17.2 Å². The van der Waals surface area contributed by atoms with Crippen molar-refractivity contribution in [3.63, 3.8) is 0 Å². The van der Waals surface area contributed by atoms with Crippen molar-refractivity contribution in [2.45, 2.75) is 13.0 Å². The van der Waals surface area contributed by atoms with Crippen LogP contribution in [0.2, 0.25) is 0 Å². The van der Waals surface area contributed by atoms with Crippen molar-refractivity contribution in [1.82, 2.24) is 5.32 Å². The molecule has 0 aromatic heterocycles. The third-order valence-corrected chi connectivity index (χ3v) is 2.62. The zero-order valence-electron chi connectivity index (χ0n) is 11.2. The first-order valence-electron chi connectivity index (χ1n) is 5.71. The van der Waals surface area contributed by atoms with Crippen molar-refractivity contribution < 1.29 is 14.2 Å². The molecule has 1 atom stereocenters. The highest BCUT2D eigenvalue weighted by atomic mass is 16.5. The van der Waals surface area contributed by atoms with Crippen LogP contribution < -0.4 is 19.5 Å². The van der Waals surface area contributed by atoms with E-state index >= 15 is 0 Å². The van der Waals surface area contributed by atoms with Crippen molar-refractivity contribution in [2.24, 2.45) is 0 Å². The molecule has 1 N–H and O–H groups in total. The second-order valence-electron chi connectivity index (χ2n) is 3.58. The normalized spacial score (nSPS) is 11.5. The fourth-order valence-corrected chi connectivity index (χ4v) is 1.81. The second kappa shape index (κ2) is 6.77. The summed E-state index contributed by atoms with van der Waals surface area (Å²) in [5.74, 6) is 4.46. The Labute approximate surface area is 108 Å². The quantitative estimate of drug-likeness (QED) is 0.783. The molecule has 0 aliphatic carbocycles. The fraction of sp³-hybridized carbons (Fsp3) is 0.429. The standard InChI is InChI=1S/C14H19NO3/c1-6-11(15-7-2)10-8-9-12(16-3)14(18-5)13(10)17-4/h1,8-9,11,15H,7H2,2-5H3. The Morgan fingerprint density at radius 2 is 1.83 bits per heavy atom. The van der Waals surface area contributed by atoms with Gasteiger partial charge in [0.15, 0.2) is 11.5 Å². The van der Waals surface area contributed by atoms with Crippen LogP contribution in [0.3, 0.4) is 0 Å². The molecule has 18 heavy (non-hydrogen) atoms. The lowest BCUT2D eigenvalue weighted by molar-refractivity contribution is 0.321. The van der Waals surface area contributed by atoms with E-state index in [4.69, 9.17) is 20.6 Å². The summed E-state index contributed by atoms with van der Waals surface area (Å²) in [4.78, 5) is 0. The average Bonchev–Trinajstić information content (AvgIpc) is 2.42. The van der Waals surface area contributed by atoms with E-state index in [2.05, 4.69) is 11.2 Å². The topological polar surface area (TPSA) is 39.7 Å². The number of nitrogens with one attached hydrogen (secondary N) is 1. The predicted octanol–water partition coefficient (Wildman–Crippen LogP) is 2.00. The number of ether oxygens (including phenoxy) is 3. The SMILES string of the molecule is C#CC(NCC)c1ccc(OC)c(OC)c1OC. The summed E-state index contributed by atoms with van der Waals surface area (Å²) >= 11 is 0. The van der Waals surface area contributed by atoms with Crippen LogP contribution in [0.5, 0.6) is 17.2 Å². The van der Waals surface area contributed by atoms with Gasteiger partial charge in [0.25, 0.3) is 0 Å². The maximum Gasteiger partial charge on any atom is 0.203 e. The summed E-state index contributed by atoms with van der Waals surface area (Å²) in [7, 11) is 4.74. The maximum atomic E-state index is 5.54. The highest BCUT2D eigenvalue weighted by Crippen LogP contribution is 2.41. The van der Waals surface area contributed by atoms with Crippen molar-refractivity contribution >= 4 is 0 Å². The molecule has 1 unspecified atom stereocenters. The lowest BCUT2D eigenvalue weighted by Gasteiger charge is -2.19. The number of rotatable bonds is 6. The van der Waals surface area contributed by atoms with Gasteiger partial charge in [-0.15, -0.1) is 6.42 Å². The Morgan fingerprint density at radius 3 is 2.28 bits per heavy atom. The predicted molar refractivity (Wildman–Crippen MR) is 71.3 cm³/mol. The molecule has 0 aliphatic heterocycles. The molecule has 0 amide bonds. The summed E-state index contributed by atoms with van der Waals surface area (Å²) in [6.07, 6.45) is 5.54. The van der Waals surface area contributed by atoms with Gasteiger partial charge in [0, 0.05) is 5.56 Å². The van der Waals surface area contributed by atoms with Crippen LogP contribution in [0.1, 0.15) is 18.5 Å². The fourth-order valence-electron chi connectivity index (χ4n) is 1.81. The third-order valence-electron chi connectivity index (χ3n) is 2.62. The highest BCUT2D eigenvalue weighted by Gasteiger charge is 2.20. The Kier molecular flexibility index (Phi) is 5.34. The molecule has 1 aromatic rings. The van der Waals surface area contributed by atoms with Gasteiger partial charge in [0.2, 0.25) is 5.75 Å². The number of methoxy groups -OCH3 is 3. The Hall–Kier alpha value is -1.86. The van der Waals surface area contributed by atoms with E-state index < -0.39 is 0 Å². The molecule has 0 aliphatic rings. The summed E-state index contributed by atoms with van der Waals surface area (Å²) < 4.78 is 16.0.